The fraction of sp³-hybridized carbons (Fsp3) is 0.0667. The summed E-state index contributed by atoms with van der Waals surface area (Å²) >= 11 is 23.2. The molecular weight excluding hydrogens is 384 g/mol. The Bertz CT molecular complexity index is 764. The second kappa shape index (κ2) is 7.88. The lowest BCUT2D eigenvalue weighted by molar-refractivity contribution is -0.119. The van der Waals surface area contributed by atoms with Crippen molar-refractivity contribution in [1.82, 2.24) is 0 Å². The Morgan fingerprint density at radius 1 is 0.870 bits per heavy atom. The molecule has 120 valence electrons. The maximum absolute atomic E-state index is 11.8. The molecule has 2 aromatic rings. The number of anilines is 1. The van der Waals surface area contributed by atoms with Crippen molar-refractivity contribution in [1.29, 1.82) is 0 Å². The molecule has 0 heterocycles. The number of halogens is 4. The summed E-state index contributed by atoms with van der Waals surface area (Å²) in [5.74, 6) is -1.20. The highest BCUT2D eigenvalue weighted by Crippen LogP contribution is 2.25. The first-order chi connectivity index (χ1) is 10.9. The van der Waals surface area contributed by atoms with Gasteiger partial charge in [-0.1, -0.05) is 46.4 Å². The molecule has 2 aromatic carbocycles. The highest BCUT2D eigenvalue weighted by atomic mass is 35.5. The normalized spacial score (nSPS) is 10.3. The van der Waals surface area contributed by atoms with E-state index in [9.17, 15) is 9.59 Å². The van der Waals surface area contributed by atoms with E-state index in [-0.39, 0.29) is 10.6 Å². The highest BCUT2D eigenvalue weighted by molar-refractivity contribution is 6.42. The number of amides is 1. The molecule has 0 aliphatic heterocycles. The van der Waals surface area contributed by atoms with Crippen LogP contribution in [0.5, 0.6) is 0 Å². The second-order valence-corrected chi connectivity index (χ2v) is 6.01. The van der Waals surface area contributed by atoms with Gasteiger partial charge in [0.25, 0.3) is 5.91 Å². The molecule has 0 spiro atoms. The number of benzene rings is 2. The summed E-state index contributed by atoms with van der Waals surface area (Å²) in [5.41, 5.74) is 0.636. The van der Waals surface area contributed by atoms with Crippen LogP contribution in [0.15, 0.2) is 36.4 Å². The number of hydrogen-bond donors (Lipinski definition) is 1. The van der Waals surface area contributed by atoms with Gasteiger partial charge in [-0.2, -0.15) is 0 Å². The van der Waals surface area contributed by atoms with Crippen molar-refractivity contribution in [3.05, 3.63) is 62.1 Å². The van der Waals surface area contributed by atoms with E-state index >= 15 is 0 Å². The molecule has 1 N–H and O–H groups in total. The smallest absolute Gasteiger partial charge is 0.338 e. The Morgan fingerprint density at radius 3 is 2.09 bits per heavy atom. The maximum atomic E-state index is 11.8. The van der Waals surface area contributed by atoms with Crippen LogP contribution in [0.2, 0.25) is 20.1 Å². The lowest BCUT2D eigenvalue weighted by Gasteiger charge is -2.08. The van der Waals surface area contributed by atoms with Gasteiger partial charge in [0.15, 0.2) is 6.61 Å². The summed E-state index contributed by atoms with van der Waals surface area (Å²) < 4.78 is 4.90. The number of hydrogen-bond acceptors (Lipinski definition) is 3. The van der Waals surface area contributed by atoms with E-state index in [2.05, 4.69) is 5.32 Å². The minimum Gasteiger partial charge on any atom is -0.452 e. The molecular formula is C15H9Cl4NO3. The fourth-order valence-corrected chi connectivity index (χ4v) is 2.20. The summed E-state index contributed by atoms with van der Waals surface area (Å²) in [7, 11) is 0. The van der Waals surface area contributed by atoms with Crippen LogP contribution < -0.4 is 5.32 Å². The van der Waals surface area contributed by atoms with E-state index < -0.39 is 18.5 Å². The zero-order valence-electron chi connectivity index (χ0n) is 11.4. The minimum atomic E-state index is -0.687. The largest absolute Gasteiger partial charge is 0.452 e. The van der Waals surface area contributed by atoms with Crippen molar-refractivity contribution < 1.29 is 14.3 Å². The number of nitrogens with one attached hydrogen (secondary N) is 1. The van der Waals surface area contributed by atoms with Gasteiger partial charge in [0.1, 0.15) is 0 Å². The predicted octanol–water partition coefficient (Wildman–Crippen LogP) is 5.10. The molecule has 0 bridgehead atoms. The molecule has 0 radical (unpaired) electrons. The SMILES string of the molecule is O=C(COC(=O)c1ccc(Cl)c(Cl)c1)Nc1ccc(Cl)c(Cl)c1. The van der Waals surface area contributed by atoms with Gasteiger partial charge in [0.05, 0.1) is 25.7 Å². The molecule has 0 fully saturated rings. The minimum absolute atomic E-state index is 0.196. The molecule has 0 aliphatic rings. The zero-order chi connectivity index (χ0) is 17.0. The summed E-state index contributed by atoms with van der Waals surface area (Å²) in [4.78, 5) is 23.6. The van der Waals surface area contributed by atoms with Crippen LogP contribution in [0.1, 0.15) is 10.4 Å². The van der Waals surface area contributed by atoms with Gasteiger partial charge in [0.2, 0.25) is 0 Å². The van der Waals surface area contributed by atoms with Crippen LogP contribution in [-0.4, -0.2) is 18.5 Å². The molecule has 2 rings (SSSR count). The standard InChI is InChI=1S/C15H9Cl4NO3/c16-10-3-1-8(5-12(10)18)15(22)23-7-14(21)20-9-2-4-11(17)13(19)6-9/h1-6H,7H2,(H,20,21). The average molecular weight is 393 g/mol. The van der Waals surface area contributed by atoms with Crippen LogP contribution in [0.3, 0.4) is 0 Å². The van der Waals surface area contributed by atoms with E-state index in [4.69, 9.17) is 51.1 Å². The number of esters is 1. The van der Waals surface area contributed by atoms with E-state index in [1.54, 1.807) is 12.1 Å². The first kappa shape index (κ1) is 17.9. The van der Waals surface area contributed by atoms with Gasteiger partial charge in [-0.25, -0.2) is 4.79 Å². The van der Waals surface area contributed by atoms with Crippen molar-refractivity contribution in [2.75, 3.05) is 11.9 Å². The fourth-order valence-electron chi connectivity index (χ4n) is 1.61. The van der Waals surface area contributed by atoms with Gasteiger partial charge < -0.3 is 10.1 Å². The molecule has 0 atom stereocenters. The Labute approximate surface area is 152 Å². The lowest BCUT2D eigenvalue weighted by atomic mass is 10.2. The van der Waals surface area contributed by atoms with Crippen molar-refractivity contribution >= 4 is 64.0 Å². The third-order valence-electron chi connectivity index (χ3n) is 2.69. The van der Waals surface area contributed by atoms with Crippen LogP contribution in [0.25, 0.3) is 0 Å². The zero-order valence-corrected chi connectivity index (χ0v) is 14.4. The predicted molar refractivity (Wildman–Crippen MR) is 91.8 cm³/mol. The molecule has 4 nitrogen and oxygen atoms in total. The molecule has 0 aromatic heterocycles. The van der Waals surface area contributed by atoms with Gasteiger partial charge >= 0.3 is 5.97 Å². The Morgan fingerprint density at radius 2 is 1.48 bits per heavy atom. The summed E-state index contributed by atoms with van der Waals surface area (Å²) in [6.07, 6.45) is 0. The topological polar surface area (TPSA) is 55.4 Å². The number of carbonyl (C=O) groups excluding carboxylic acids is 2. The summed E-state index contributed by atoms with van der Waals surface area (Å²) in [6.45, 7) is -0.459. The maximum Gasteiger partial charge on any atom is 0.338 e. The van der Waals surface area contributed by atoms with Gasteiger partial charge in [-0.15, -0.1) is 0 Å². The van der Waals surface area contributed by atoms with Gasteiger partial charge in [-0.3, -0.25) is 4.79 Å². The van der Waals surface area contributed by atoms with E-state index in [0.717, 1.165) is 0 Å². The molecule has 0 saturated carbocycles. The Kier molecular flexibility index (Phi) is 6.13. The molecule has 8 heteroatoms. The van der Waals surface area contributed by atoms with Crippen LogP contribution in [0.4, 0.5) is 5.69 Å². The van der Waals surface area contributed by atoms with Crippen LogP contribution in [0, 0.1) is 0 Å². The third-order valence-corrected chi connectivity index (χ3v) is 4.17. The van der Waals surface area contributed by atoms with Crippen molar-refractivity contribution in [2.24, 2.45) is 0 Å². The second-order valence-electron chi connectivity index (χ2n) is 4.38. The van der Waals surface area contributed by atoms with Crippen LogP contribution in [-0.2, 0) is 9.53 Å². The average Bonchev–Trinajstić information content (AvgIpc) is 2.51. The first-order valence-electron chi connectivity index (χ1n) is 6.24. The number of carbonyl (C=O) groups is 2. The van der Waals surface area contributed by atoms with Crippen LogP contribution >= 0.6 is 46.4 Å². The molecule has 1 amide bonds. The third kappa shape index (κ3) is 5.01. The molecule has 0 saturated heterocycles. The van der Waals surface area contributed by atoms with Crippen molar-refractivity contribution in [3.63, 3.8) is 0 Å². The Balaban J connectivity index is 1.91. The monoisotopic (exact) mass is 391 g/mol. The molecule has 23 heavy (non-hydrogen) atoms. The summed E-state index contributed by atoms with van der Waals surface area (Å²) in [5, 5.41) is 3.75. The molecule has 0 aliphatic carbocycles. The van der Waals surface area contributed by atoms with Gasteiger partial charge in [-0.05, 0) is 36.4 Å². The van der Waals surface area contributed by atoms with E-state index in [0.29, 0.717) is 20.8 Å². The first-order valence-corrected chi connectivity index (χ1v) is 7.75. The highest BCUT2D eigenvalue weighted by Gasteiger charge is 2.12. The molecule has 0 unspecified atom stereocenters. The van der Waals surface area contributed by atoms with Crippen molar-refractivity contribution in [3.8, 4) is 0 Å². The number of rotatable bonds is 4. The van der Waals surface area contributed by atoms with E-state index in [1.807, 2.05) is 0 Å². The quantitative estimate of drug-likeness (QED) is 0.736. The van der Waals surface area contributed by atoms with E-state index in [1.165, 1.54) is 24.3 Å². The Hall–Kier alpha value is -1.46. The lowest BCUT2D eigenvalue weighted by Crippen LogP contribution is -2.20. The summed E-state index contributed by atoms with van der Waals surface area (Å²) in [6, 6.07) is 8.89. The van der Waals surface area contributed by atoms with Crippen molar-refractivity contribution in [2.45, 2.75) is 0 Å². The van der Waals surface area contributed by atoms with Gasteiger partial charge in [0, 0.05) is 5.69 Å². The number of ether oxygens (including phenoxy) is 1.